The number of rotatable bonds is 9. The Kier molecular flexibility index (Phi) is 6.61. The number of nitroso groups, excluding NO2 is 1. The fraction of sp³-hybridized carbons (Fsp3) is 0.433. The molecule has 0 bridgehead atoms. The molecule has 0 radical (unpaired) electrons. The van der Waals surface area contributed by atoms with Crippen LogP contribution in [-0.2, 0) is 14.2 Å². The second-order valence-electron chi connectivity index (χ2n) is 11.9. The molecule has 2 aromatic carbocycles. The highest BCUT2D eigenvalue weighted by Gasteiger charge is 2.74. The summed E-state index contributed by atoms with van der Waals surface area (Å²) in [6, 6.07) is 18.5. The molecule has 3 atom stereocenters. The van der Waals surface area contributed by atoms with Gasteiger partial charge in [0.2, 0.25) is 0 Å². The van der Waals surface area contributed by atoms with Gasteiger partial charge in [0.05, 0.1) is 18.4 Å². The number of hydrogen-bond donors (Lipinski definition) is 1. The zero-order valence-corrected chi connectivity index (χ0v) is 24.8. The Morgan fingerprint density at radius 2 is 1.80 bits per heavy atom. The first-order chi connectivity index (χ1) is 19.6. The van der Waals surface area contributed by atoms with E-state index in [4.69, 9.17) is 9.16 Å². The van der Waals surface area contributed by atoms with Gasteiger partial charge < -0.3 is 19.2 Å². The molecular weight excluding hydrogens is 538 g/mol. The van der Waals surface area contributed by atoms with E-state index in [-0.39, 0.29) is 23.9 Å². The van der Waals surface area contributed by atoms with Gasteiger partial charge in [-0.1, -0.05) is 67.6 Å². The summed E-state index contributed by atoms with van der Waals surface area (Å²) in [5.41, 5.74) is -0.475. The standard InChI is InChI=1S/C30H35N5O5Si/c1-28(26(36)35-16-13-25(32-27(35)37)31-20-34(3)4)19-39-17-14-30(28,33-38)15-18-40-41-23-11-7-5-9-21(23)29(41,2)22-10-6-8-12-24(22)41/h5-13,16,20,26,36H,14-15,17-19H2,1-4H3. The number of benzene rings is 2. The Morgan fingerprint density at radius 1 is 1.15 bits per heavy atom. The third-order valence-corrected chi connectivity index (χ3v) is 14.6. The maximum Gasteiger partial charge on any atom is 0.351 e. The molecule has 1 N–H and O–H groups in total. The molecule has 214 valence electrons. The van der Waals surface area contributed by atoms with Crippen molar-refractivity contribution >= 4 is 30.8 Å². The van der Waals surface area contributed by atoms with E-state index in [1.54, 1.807) is 17.9 Å². The second-order valence-corrected chi connectivity index (χ2v) is 15.6. The van der Waals surface area contributed by atoms with E-state index >= 15 is 0 Å². The van der Waals surface area contributed by atoms with Gasteiger partial charge >= 0.3 is 5.69 Å². The number of ether oxygens (including phenoxy) is 1. The van der Waals surface area contributed by atoms with Crippen LogP contribution in [0.5, 0.6) is 0 Å². The number of aromatic nitrogens is 2. The van der Waals surface area contributed by atoms with Gasteiger partial charge in [0.15, 0.2) is 5.82 Å². The van der Waals surface area contributed by atoms with Gasteiger partial charge in [0.1, 0.15) is 11.8 Å². The van der Waals surface area contributed by atoms with E-state index in [2.05, 4.69) is 70.6 Å². The lowest BCUT2D eigenvalue weighted by Gasteiger charge is -2.65. The number of aliphatic hydroxyl groups is 1. The lowest BCUT2D eigenvalue weighted by Crippen LogP contribution is -2.90. The Labute approximate surface area is 239 Å². The molecule has 1 fully saturated rings. The minimum Gasteiger partial charge on any atom is -0.407 e. The molecule has 3 aliphatic rings. The zero-order chi connectivity index (χ0) is 29.0. The molecule has 0 aliphatic carbocycles. The fourth-order valence-corrected chi connectivity index (χ4v) is 12.5. The first-order valence-corrected chi connectivity index (χ1v) is 15.8. The van der Waals surface area contributed by atoms with Crippen LogP contribution in [0.15, 0.2) is 75.8 Å². The van der Waals surface area contributed by atoms with Crippen molar-refractivity contribution < 1.29 is 14.3 Å². The van der Waals surface area contributed by atoms with Crippen LogP contribution in [0.4, 0.5) is 5.82 Å². The molecule has 1 aromatic heterocycles. The monoisotopic (exact) mass is 573 g/mol. The summed E-state index contributed by atoms with van der Waals surface area (Å²) in [5, 5.41) is 17.7. The molecule has 6 rings (SSSR count). The van der Waals surface area contributed by atoms with Crippen LogP contribution in [0.2, 0.25) is 0 Å². The third kappa shape index (κ3) is 3.69. The maximum absolute atomic E-state index is 13.0. The predicted molar refractivity (Wildman–Crippen MR) is 159 cm³/mol. The summed E-state index contributed by atoms with van der Waals surface area (Å²) >= 11 is 0. The third-order valence-electron chi connectivity index (χ3n) is 9.60. The molecular formula is C30H35N5O5Si. The minimum atomic E-state index is -2.50. The van der Waals surface area contributed by atoms with E-state index in [0.717, 1.165) is 4.57 Å². The van der Waals surface area contributed by atoms with E-state index in [1.165, 1.54) is 34.0 Å². The summed E-state index contributed by atoms with van der Waals surface area (Å²) in [5.74, 6) is 0.221. The largest absolute Gasteiger partial charge is 0.407 e. The fourth-order valence-electron chi connectivity index (χ4n) is 7.22. The quantitative estimate of drug-likeness (QED) is 0.181. The molecule has 41 heavy (non-hydrogen) atoms. The Hall–Kier alpha value is -3.51. The second kappa shape index (κ2) is 9.80. The lowest BCUT2D eigenvalue weighted by atomic mass is 9.65. The molecule has 0 amide bonds. The van der Waals surface area contributed by atoms with Crippen molar-refractivity contribution in [3.8, 4) is 0 Å². The van der Waals surface area contributed by atoms with Crippen LogP contribution in [0.1, 0.15) is 44.0 Å². The number of fused-ring (bicyclic) bond motifs is 7. The SMILES string of the molecule is CN(C)C=Nc1ccn(C(O)C2(C)COCCC2(CCO[Si]23c4ccccc4C2(C)c2ccccc23)N=O)c(=O)n1. The number of nitrogens with zero attached hydrogens (tertiary/aromatic N) is 5. The number of hydrogen-bond acceptors (Lipinski definition) is 8. The van der Waals surface area contributed by atoms with E-state index in [9.17, 15) is 14.8 Å². The van der Waals surface area contributed by atoms with Crippen LogP contribution in [0, 0.1) is 10.3 Å². The van der Waals surface area contributed by atoms with Crippen LogP contribution in [-0.4, -0.2) is 73.7 Å². The molecule has 0 saturated carbocycles. The first-order valence-electron chi connectivity index (χ1n) is 13.9. The molecule has 3 unspecified atom stereocenters. The first kappa shape index (κ1) is 27.6. The Balaban J connectivity index is 1.28. The van der Waals surface area contributed by atoms with Gasteiger partial charge in [-0.25, -0.2) is 9.79 Å². The van der Waals surface area contributed by atoms with Crippen LogP contribution >= 0.6 is 0 Å². The summed E-state index contributed by atoms with van der Waals surface area (Å²) in [7, 11) is 1.12. The molecule has 0 spiro atoms. The summed E-state index contributed by atoms with van der Waals surface area (Å²) < 4.78 is 13.8. The van der Waals surface area contributed by atoms with Gasteiger partial charge in [0, 0.05) is 45.0 Å². The van der Waals surface area contributed by atoms with Crippen molar-refractivity contribution in [3.63, 3.8) is 0 Å². The average Bonchev–Trinajstić information content (AvgIpc) is 2.98. The van der Waals surface area contributed by atoms with Crippen molar-refractivity contribution in [2.45, 2.75) is 43.5 Å². The summed E-state index contributed by atoms with van der Waals surface area (Å²) in [4.78, 5) is 35.5. The highest BCUT2D eigenvalue weighted by molar-refractivity contribution is 7.07. The van der Waals surface area contributed by atoms with Crippen molar-refractivity contribution in [3.05, 3.63) is 87.3 Å². The Morgan fingerprint density at radius 3 is 2.41 bits per heavy atom. The highest BCUT2D eigenvalue weighted by atomic mass is 28.4. The summed E-state index contributed by atoms with van der Waals surface area (Å²) in [6.07, 6.45) is 2.18. The summed E-state index contributed by atoms with van der Waals surface area (Å²) in [6.45, 7) is 4.69. The normalized spacial score (nSPS) is 30.4. The predicted octanol–water partition coefficient (Wildman–Crippen LogP) is 2.23. The molecule has 1 saturated heterocycles. The zero-order valence-electron chi connectivity index (χ0n) is 23.8. The van der Waals surface area contributed by atoms with E-state index in [0.29, 0.717) is 19.6 Å². The van der Waals surface area contributed by atoms with Crippen molar-refractivity contribution in [1.82, 2.24) is 14.5 Å². The molecule has 4 heterocycles. The van der Waals surface area contributed by atoms with Gasteiger partial charge in [0.25, 0.3) is 8.32 Å². The molecule has 3 aromatic rings. The van der Waals surface area contributed by atoms with Crippen molar-refractivity contribution in [2.75, 3.05) is 33.9 Å². The van der Waals surface area contributed by atoms with Crippen LogP contribution < -0.4 is 16.1 Å². The molecule has 10 nitrogen and oxygen atoms in total. The topological polar surface area (TPSA) is 119 Å². The van der Waals surface area contributed by atoms with Crippen molar-refractivity contribution in [2.24, 2.45) is 15.6 Å². The van der Waals surface area contributed by atoms with E-state index < -0.39 is 31.2 Å². The lowest BCUT2D eigenvalue weighted by molar-refractivity contribution is -0.153. The molecule has 3 aliphatic heterocycles. The smallest absolute Gasteiger partial charge is 0.351 e. The van der Waals surface area contributed by atoms with Crippen molar-refractivity contribution in [1.29, 1.82) is 0 Å². The molecule has 11 heteroatoms. The maximum atomic E-state index is 13.0. The van der Waals surface area contributed by atoms with E-state index in [1.807, 2.05) is 14.1 Å². The average molecular weight is 574 g/mol. The van der Waals surface area contributed by atoms with Crippen LogP contribution in [0.3, 0.4) is 0 Å². The minimum absolute atomic E-state index is 0.0544. The van der Waals surface area contributed by atoms with Gasteiger partial charge in [-0.15, -0.1) is 0 Å². The number of aliphatic hydroxyl groups excluding tert-OH is 1. The van der Waals surface area contributed by atoms with Gasteiger partial charge in [-0.2, -0.15) is 9.89 Å². The van der Waals surface area contributed by atoms with Crippen LogP contribution in [0.25, 0.3) is 0 Å². The number of aliphatic imine (C=N–C) groups is 1. The highest BCUT2D eigenvalue weighted by Crippen LogP contribution is 2.55. The van der Waals surface area contributed by atoms with Gasteiger partial charge in [-0.05, 0) is 34.0 Å². The van der Waals surface area contributed by atoms with Gasteiger partial charge in [-0.3, -0.25) is 4.57 Å². The Bertz CT molecular complexity index is 1540.